The summed E-state index contributed by atoms with van der Waals surface area (Å²) in [4.78, 5) is 8.85. The Morgan fingerprint density at radius 3 is 2.37 bits per heavy atom. The van der Waals surface area contributed by atoms with Crippen molar-refractivity contribution in [3.63, 3.8) is 0 Å². The summed E-state index contributed by atoms with van der Waals surface area (Å²) in [6.07, 6.45) is 0.800. The quantitative estimate of drug-likeness (QED) is 0.788. The molecule has 1 aromatic carbocycles. The van der Waals surface area contributed by atoms with Crippen LogP contribution in [0, 0.1) is 5.82 Å². The summed E-state index contributed by atoms with van der Waals surface area (Å²) in [5, 5.41) is 0.442. The Labute approximate surface area is 117 Å². The highest BCUT2D eigenvalue weighted by molar-refractivity contribution is 6.29. The number of nitrogens with zero attached hydrogens (tertiary/aromatic N) is 2. The van der Waals surface area contributed by atoms with E-state index in [1.165, 1.54) is 12.1 Å². The smallest absolute Gasteiger partial charge is 0.140 e. The van der Waals surface area contributed by atoms with Crippen LogP contribution in [0.1, 0.15) is 37.9 Å². The van der Waals surface area contributed by atoms with E-state index in [1.807, 2.05) is 20.8 Å². The van der Waals surface area contributed by atoms with Crippen LogP contribution in [0.15, 0.2) is 30.3 Å². The van der Waals surface area contributed by atoms with Gasteiger partial charge in [-0.2, -0.15) is 0 Å². The van der Waals surface area contributed by atoms with Gasteiger partial charge in [0.1, 0.15) is 16.8 Å². The maximum absolute atomic E-state index is 13.0. The number of aryl methyl sites for hydroxylation is 1. The van der Waals surface area contributed by atoms with E-state index in [9.17, 15) is 4.39 Å². The van der Waals surface area contributed by atoms with Gasteiger partial charge in [-0.1, -0.05) is 30.7 Å². The Kier molecular flexibility index (Phi) is 3.85. The van der Waals surface area contributed by atoms with Gasteiger partial charge < -0.3 is 0 Å². The monoisotopic (exact) mass is 278 g/mol. The Morgan fingerprint density at radius 2 is 1.79 bits per heavy atom. The molecule has 2 rings (SSSR count). The summed E-state index contributed by atoms with van der Waals surface area (Å²) in [6.45, 7) is 6.03. The second-order valence-corrected chi connectivity index (χ2v) is 5.38. The lowest BCUT2D eigenvalue weighted by Crippen LogP contribution is -2.23. The van der Waals surface area contributed by atoms with Crippen molar-refractivity contribution in [3.05, 3.63) is 58.4 Å². The van der Waals surface area contributed by atoms with Crippen LogP contribution >= 0.6 is 11.6 Å². The second-order valence-electron chi connectivity index (χ2n) is 4.99. The van der Waals surface area contributed by atoms with E-state index in [0.29, 0.717) is 11.0 Å². The third-order valence-corrected chi connectivity index (χ3v) is 3.43. The fraction of sp³-hybridized carbons (Fsp3) is 0.333. The van der Waals surface area contributed by atoms with Crippen molar-refractivity contribution in [1.29, 1.82) is 0 Å². The molecule has 0 amide bonds. The SMILES string of the molecule is CCc1cc(Cl)nc(C(C)(C)c2ccc(F)cc2)n1. The molecule has 0 saturated carbocycles. The Hall–Kier alpha value is -1.48. The number of aromatic nitrogens is 2. The summed E-state index contributed by atoms with van der Waals surface area (Å²) < 4.78 is 13.0. The maximum atomic E-state index is 13.0. The zero-order valence-corrected chi connectivity index (χ0v) is 12.0. The van der Waals surface area contributed by atoms with Crippen LogP contribution in [0.4, 0.5) is 4.39 Å². The van der Waals surface area contributed by atoms with Crippen molar-refractivity contribution in [1.82, 2.24) is 9.97 Å². The van der Waals surface area contributed by atoms with Gasteiger partial charge in [-0.05, 0) is 44.0 Å². The van der Waals surface area contributed by atoms with E-state index in [4.69, 9.17) is 11.6 Å². The van der Waals surface area contributed by atoms with E-state index >= 15 is 0 Å². The zero-order chi connectivity index (χ0) is 14.0. The minimum atomic E-state index is -0.414. The van der Waals surface area contributed by atoms with Gasteiger partial charge >= 0.3 is 0 Å². The predicted octanol–water partition coefficient (Wildman–Crippen LogP) is 4.16. The third kappa shape index (κ3) is 2.92. The van der Waals surface area contributed by atoms with Gasteiger partial charge in [0, 0.05) is 11.1 Å². The van der Waals surface area contributed by atoms with E-state index in [1.54, 1.807) is 18.2 Å². The van der Waals surface area contributed by atoms with Crippen molar-refractivity contribution in [3.8, 4) is 0 Å². The van der Waals surface area contributed by atoms with Crippen molar-refractivity contribution in [2.45, 2.75) is 32.6 Å². The molecule has 0 N–H and O–H groups in total. The van der Waals surface area contributed by atoms with E-state index in [-0.39, 0.29) is 5.82 Å². The number of rotatable bonds is 3. The largest absolute Gasteiger partial charge is 0.237 e. The van der Waals surface area contributed by atoms with E-state index < -0.39 is 5.41 Å². The lowest BCUT2D eigenvalue weighted by atomic mass is 9.83. The Morgan fingerprint density at radius 1 is 1.16 bits per heavy atom. The third-order valence-electron chi connectivity index (χ3n) is 3.24. The summed E-state index contributed by atoms with van der Waals surface area (Å²) >= 11 is 6.04. The van der Waals surface area contributed by atoms with Gasteiger partial charge in [-0.3, -0.25) is 0 Å². The molecule has 0 aliphatic rings. The first kappa shape index (κ1) is 13.9. The van der Waals surface area contributed by atoms with Gasteiger partial charge in [0.25, 0.3) is 0 Å². The molecule has 19 heavy (non-hydrogen) atoms. The molecule has 1 heterocycles. The average Bonchev–Trinajstić information content (AvgIpc) is 2.38. The number of hydrogen-bond donors (Lipinski definition) is 0. The summed E-state index contributed by atoms with van der Waals surface area (Å²) in [6, 6.07) is 8.17. The summed E-state index contributed by atoms with van der Waals surface area (Å²) in [5.41, 5.74) is 1.45. The standard InChI is InChI=1S/C15H16ClFN2/c1-4-12-9-13(16)19-14(18-12)15(2,3)10-5-7-11(17)8-6-10/h5-9H,4H2,1-3H3. The predicted molar refractivity (Wildman–Crippen MR) is 74.9 cm³/mol. The normalized spacial score (nSPS) is 11.6. The molecule has 0 atom stereocenters. The van der Waals surface area contributed by atoms with Crippen LogP contribution in [-0.2, 0) is 11.8 Å². The number of halogens is 2. The molecular weight excluding hydrogens is 263 g/mol. The lowest BCUT2D eigenvalue weighted by Gasteiger charge is -2.24. The molecule has 0 radical (unpaired) electrons. The first-order valence-electron chi connectivity index (χ1n) is 6.23. The summed E-state index contributed by atoms with van der Waals surface area (Å²) in [5.74, 6) is 0.407. The van der Waals surface area contributed by atoms with E-state index in [2.05, 4.69) is 9.97 Å². The molecule has 0 fully saturated rings. The zero-order valence-electron chi connectivity index (χ0n) is 11.2. The molecular formula is C15H16ClFN2. The fourth-order valence-corrected chi connectivity index (χ4v) is 2.13. The maximum Gasteiger partial charge on any atom is 0.140 e. The van der Waals surface area contributed by atoms with Gasteiger partial charge in [0.05, 0.1) is 0 Å². The molecule has 100 valence electrons. The first-order valence-corrected chi connectivity index (χ1v) is 6.61. The highest BCUT2D eigenvalue weighted by Gasteiger charge is 2.27. The first-order chi connectivity index (χ1) is 8.93. The van der Waals surface area contributed by atoms with Gasteiger partial charge in [0.15, 0.2) is 0 Å². The molecule has 0 aliphatic heterocycles. The number of benzene rings is 1. The molecule has 4 heteroatoms. The van der Waals surface area contributed by atoms with Crippen LogP contribution in [-0.4, -0.2) is 9.97 Å². The van der Waals surface area contributed by atoms with Gasteiger partial charge in [-0.25, -0.2) is 14.4 Å². The molecule has 2 aromatic rings. The Balaban J connectivity index is 2.49. The molecule has 0 spiro atoms. The van der Waals surface area contributed by atoms with Crippen molar-refractivity contribution in [2.24, 2.45) is 0 Å². The van der Waals surface area contributed by atoms with Crippen LogP contribution in [0.5, 0.6) is 0 Å². The molecule has 0 unspecified atom stereocenters. The molecule has 0 aliphatic carbocycles. The van der Waals surface area contributed by atoms with Crippen LogP contribution < -0.4 is 0 Å². The molecule has 1 aromatic heterocycles. The van der Waals surface area contributed by atoms with Crippen molar-refractivity contribution >= 4 is 11.6 Å². The van der Waals surface area contributed by atoms with Crippen LogP contribution in [0.3, 0.4) is 0 Å². The fourth-order valence-electron chi connectivity index (χ4n) is 1.92. The lowest BCUT2D eigenvalue weighted by molar-refractivity contribution is 0.579. The van der Waals surface area contributed by atoms with Crippen LogP contribution in [0.25, 0.3) is 0 Å². The molecule has 0 saturated heterocycles. The van der Waals surface area contributed by atoms with Gasteiger partial charge in [0.2, 0.25) is 0 Å². The second kappa shape index (κ2) is 5.25. The number of hydrogen-bond acceptors (Lipinski definition) is 2. The highest BCUT2D eigenvalue weighted by Crippen LogP contribution is 2.30. The van der Waals surface area contributed by atoms with Crippen LogP contribution in [0.2, 0.25) is 5.15 Å². The molecule has 2 nitrogen and oxygen atoms in total. The van der Waals surface area contributed by atoms with Crippen molar-refractivity contribution in [2.75, 3.05) is 0 Å². The topological polar surface area (TPSA) is 25.8 Å². The minimum absolute atomic E-state index is 0.249. The van der Waals surface area contributed by atoms with Gasteiger partial charge in [-0.15, -0.1) is 0 Å². The minimum Gasteiger partial charge on any atom is -0.237 e. The van der Waals surface area contributed by atoms with Crippen molar-refractivity contribution < 1.29 is 4.39 Å². The highest BCUT2D eigenvalue weighted by atomic mass is 35.5. The molecule has 0 bridgehead atoms. The Bertz CT molecular complexity index is 579. The average molecular weight is 279 g/mol. The summed E-state index contributed by atoms with van der Waals surface area (Å²) in [7, 11) is 0. The van der Waals surface area contributed by atoms with E-state index in [0.717, 1.165) is 17.7 Å².